The molecule has 0 aliphatic carbocycles. The maximum atomic E-state index is 12.2. The molecule has 0 spiro atoms. The lowest BCUT2D eigenvalue weighted by atomic mass is 9.90. The van der Waals surface area contributed by atoms with Crippen LogP contribution >= 0.6 is 0 Å². The number of ether oxygens (including phenoxy) is 2. The minimum atomic E-state index is -1.82. The number of fused-ring (bicyclic) bond motifs is 7. The monoisotopic (exact) mass is 610 g/mol. The SMILES string of the molecule is O=S1O[C@H]2[C@H](COC[C@@H]2n2c3ccccc3c3c(C4OC[C@H](n5c6ccccc6c6ccccc65)[C@@H](O)[C@H]4O)cccc32)O1. The van der Waals surface area contributed by atoms with Crippen LogP contribution < -0.4 is 0 Å². The quantitative estimate of drug-likeness (QED) is 0.295. The van der Waals surface area contributed by atoms with Crippen molar-refractivity contribution in [2.24, 2.45) is 0 Å². The highest BCUT2D eigenvalue weighted by molar-refractivity contribution is 7.75. The molecule has 0 bridgehead atoms. The third kappa shape index (κ3) is 3.83. The number of hydrogen-bond acceptors (Lipinski definition) is 7. The van der Waals surface area contributed by atoms with Gasteiger partial charge in [-0.05, 0) is 29.8 Å². The molecule has 3 aliphatic rings. The minimum Gasteiger partial charge on any atom is -0.388 e. The van der Waals surface area contributed by atoms with Crippen molar-refractivity contribution in [2.75, 3.05) is 19.8 Å². The van der Waals surface area contributed by atoms with Gasteiger partial charge in [0.1, 0.15) is 30.5 Å². The van der Waals surface area contributed by atoms with Crippen LogP contribution in [0.2, 0.25) is 0 Å². The van der Waals surface area contributed by atoms with E-state index >= 15 is 0 Å². The van der Waals surface area contributed by atoms with Crippen LogP contribution in [-0.4, -0.2) is 67.8 Å². The van der Waals surface area contributed by atoms with Crippen molar-refractivity contribution in [3.05, 3.63) is 96.6 Å². The van der Waals surface area contributed by atoms with Gasteiger partial charge in [0, 0.05) is 43.6 Å². The first-order chi connectivity index (χ1) is 21.6. The summed E-state index contributed by atoms with van der Waals surface area (Å²) in [7, 11) is 0. The number of aliphatic hydroxyl groups excluding tert-OH is 2. The van der Waals surface area contributed by atoms with Gasteiger partial charge < -0.3 is 28.8 Å². The molecule has 6 aromatic rings. The zero-order valence-corrected chi connectivity index (χ0v) is 24.4. The molecular weight excluding hydrogens is 580 g/mol. The van der Waals surface area contributed by atoms with E-state index in [1.54, 1.807) is 0 Å². The number of para-hydroxylation sites is 3. The van der Waals surface area contributed by atoms with Gasteiger partial charge in [0.2, 0.25) is 0 Å². The van der Waals surface area contributed by atoms with Crippen molar-refractivity contribution in [2.45, 2.75) is 42.6 Å². The van der Waals surface area contributed by atoms with Gasteiger partial charge in [-0.1, -0.05) is 66.7 Å². The summed E-state index contributed by atoms with van der Waals surface area (Å²) in [6.07, 6.45) is -3.88. The average molecular weight is 611 g/mol. The second kappa shape index (κ2) is 10.2. The Kier molecular flexibility index (Phi) is 6.21. The average Bonchev–Trinajstić information content (AvgIpc) is 3.71. The van der Waals surface area contributed by atoms with Crippen molar-refractivity contribution in [3.63, 3.8) is 0 Å². The van der Waals surface area contributed by atoms with Crippen molar-refractivity contribution in [1.82, 2.24) is 9.13 Å². The Morgan fingerprint density at radius 3 is 1.98 bits per heavy atom. The highest BCUT2D eigenvalue weighted by Gasteiger charge is 2.46. The standard InChI is InChI=1S/C34H30N2O7S/c37-31-27(35-23-12-4-1-8-19(23)20-9-2-5-13-24(20)35)17-41-33(32(31)38)22-11-7-15-26-30(22)21-10-3-6-14-25(21)36(26)28-16-40-18-29-34(28)43-44(39)42-29/h1-15,27-29,31-34,37-38H,16-18H2/t27-,28-,29-,31+,32+,33?,34+,44?/m0/s1. The first-order valence-corrected chi connectivity index (χ1v) is 15.9. The molecule has 3 aliphatic heterocycles. The Balaban J connectivity index is 1.15. The van der Waals surface area contributed by atoms with Gasteiger partial charge in [0.05, 0.1) is 31.9 Å². The van der Waals surface area contributed by atoms with E-state index < -0.39 is 47.9 Å². The number of aliphatic hydroxyl groups is 2. The topological polar surface area (TPSA) is 104 Å². The van der Waals surface area contributed by atoms with Gasteiger partial charge >= 0.3 is 11.4 Å². The molecule has 2 aromatic heterocycles. The van der Waals surface area contributed by atoms with Crippen LogP contribution in [0.4, 0.5) is 0 Å². The lowest BCUT2D eigenvalue weighted by molar-refractivity contribution is -0.159. The lowest BCUT2D eigenvalue weighted by Crippen LogP contribution is -2.46. The molecule has 10 heteroatoms. The van der Waals surface area contributed by atoms with Crippen molar-refractivity contribution in [3.8, 4) is 0 Å². The van der Waals surface area contributed by atoms with E-state index in [9.17, 15) is 14.4 Å². The molecular formula is C34H30N2O7S. The molecule has 9 rings (SSSR count). The summed E-state index contributed by atoms with van der Waals surface area (Å²) >= 11 is -1.82. The fraction of sp³-hybridized carbons (Fsp3) is 0.294. The summed E-state index contributed by atoms with van der Waals surface area (Å²) in [6.45, 7) is 0.918. The van der Waals surface area contributed by atoms with Gasteiger partial charge in [0.15, 0.2) is 0 Å². The van der Waals surface area contributed by atoms with Crippen LogP contribution in [0.25, 0.3) is 43.6 Å². The smallest absolute Gasteiger partial charge is 0.305 e. The van der Waals surface area contributed by atoms with Crippen LogP contribution in [0.15, 0.2) is 91.0 Å². The molecule has 9 nitrogen and oxygen atoms in total. The Morgan fingerprint density at radius 1 is 0.636 bits per heavy atom. The lowest BCUT2D eigenvalue weighted by Gasteiger charge is -2.39. The van der Waals surface area contributed by atoms with Crippen LogP contribution in [0.3, 0.4) is 0 Å². The predicted molar refractivity (Wildman–Crippen MR) is 166 cm³/mol. The third-order valence-corrected chi connectivity index (χ3v) is 10.3. The minimum absolute atomic E-state index is 0.220. The molecule has 0 amide bonds. The predicted octanol–water partition coefficient (Wildman–Crippen LogP) is 4.87. The zero-order valence-electron chi connectivity index (χ0n) is 23.6. The molecule has 224 valence electrons. The van der Waals surface area contributed by atoms with E-state index in [1.165, 1.54) is 0 Å². The number of nitrogens with zero attached hydrogens (tertiary/aromatic N) is 2. The van der Waals surface area contributed by atoms with E-state index in [0.29, 0.717) is 13.2 Å². The molecule has 0 radical (unpaired) electrons. The summed E-state index contributed by atoms with van der Waals surface area (Å²) in [6, 6.07) is 29.5. The third-order valence-electron chi connectivity index (χ3n) is 9.56. The molecule has 0 saturated carbocycles. The fourth-order valence-electron chi connectivity index (χ4n) is 7.67. The molecule has 3 saturated heterocycles. The normalized spacial score (nSPS) is 30.9. The maximum absolute atomic E-state index is 12.2. The van der Waals surface area contributed by atoms with Gasteiger partial charge in [-0.15, -0.1) is 0 Å². The molecule has 8 atom stereocenters. The molecule has 2 N–H and O–H groups in total. The molecule has 4 aromatic carbocycles. The summed E-state index contributed by atoms with van der Waals surface area (Å²) in [5, 5.41) is 27.6. The first-order valence-electron chi connectivity index (χ1n) is 14.9. The van der Waals surface area contributed by atoms with E-state index in [-0.39, 0.29) is 12.6 Å². The Morgan fingerprint density at radius 2 is 1.25 bits per heavy atom. The van der Waals surface area contributed by atoms with E-state index in [2.05, 4.69) is 27.3 Å². The molecule has 3 fully saturated rings. The van der Waals surface area contributed by atoms with Crippen LogP contribution in [0.5, 0.6) is 0 Å². The number of hydrogen-bond donors (Lipinski definition) is 2. The summed E-state index contributed by atoms with van der Waals surface area (Å²) in [4.78, 5) is 0. The number of aromatic nitrogens is 2. The van der Waals surface area contributed by atoms with E-state index in [0.717, 1.165) is 49.2 Å². The van der Waals surface area contributed by atoms with Crippen LogP contribution in [-0.2, 0) is 29.2 Å². The van der Waals surface area contributed by atoms with Gasteiger partial charge in [-0.3, -0.25) is 8.37 Å². The largest absolute Gasteiger partial charge is 0.388 e. The first kappa shape index (κ1) is 26.8. The van der Waals surface area contributed by atoms with Crippen LogP contribution in [0, 0.1) is 0 Å². The highest BCUT2D eigenvalue weighted by Crippen LogP contribution is 2.44. The summed E-state index contributed by atoms with van der Waals surface area (Å²) < 4.78 is 40.1. The molecule has 2 unspecified atom stereocenters. The highest BCUT2D eigenvalue weighted by atomic mass is 32.2. The van der Waals surface area contributed by atoms with E-state index in [1.807, 2.05) is 72.8 Å². The summed E-state index contributed by atoms with van der Waals surface area (Å²) in [5.74, 6) is 0. The Bertz CT molecular complexity index is 2040. The van der Waals surface area contributed by atoms with Gasteiger partial charge in [0.25, 0.3) is 0 Å². The van der Waals surface area contributed by atoms with Gasteiger partial charge in [-0.2, -0.15) is 4.21 Å². The second-order valence-electron chi connectivity index (χ2n) is 11.8. The Hall–Kier alpha value is -3.61. The van der Waals surface area contributed by atoms with Crippen molar-refractivity contribution >= 4 is 55.0 Å². The van der Waals surface area contributed by atoms with Gasteiger partial charge in [-0.25, -0.2) is 0 Å². The van der Waals surface area contributed by atoms with Crippen LogP contribution in [0.1, 0.15) is 23.8 Å². The Labute approximate surface area is 255 Å². The van der Waals surface area contributed by atoms with Crippen molar-refractivity contribution in [1.29, 1.82) is 0 Å². The van der Waals surface area contributed by atoms with Crippen molar-refractivity contribution < 1.29 is 32.3 Å². The molecule has 5 heterocycles. The zero-order chi connectivity index (χ0) is 29.5. The number of rotatable bonds is 3. The number of benzene rings is 4. The summed E-state index contributed by atoms with van der Waals surface area (Å²) in [5.41, 5.74) is 4.65. The second-order valence-corrected chi connectivity index (χ2v) is 12.6. The van der Waals surface area contributed by atoms with E-state index in [4.69, 9.17) is 17.8 Å². The maximum Gasteiger partial charge on any atom is 0.305 e. The molecule has 44 heavy (non-hydrogen) atoms. The fourth-order valence-corrected chi connectivity index (χ4v) is 8.52.